The summed E-state index contributed by atoms with van der Waals surface area (Å²) in [5.41, 5.74) is 24.1. The zero-order valence-corrected chi connectivity index (χ0v) is 42.5. The van der Waals surface area contributed by atoms with Gasteiger partial charge in [0.25, 0.3) is 0 Å². The maximum Gasteiger partial charge on any atom is 0.0776 e. The number of fused-ring (bicyclic) bond motifs is 8. The first-order valence-electron chi connectivity index (χ1n) is 24.6. The Morgan fingerprint density at radius 2 is 0.955 bits per heavy atom. The van der Waals surface area contributed by atoms with E-state index in [0.29, 0.717) is 11.8 Å². The fraction of sp³-hybridized carbons (Fsp3) is 0.258. The number of rotatable bonds is 6. The number of para-hydroxylation sites is 2. The molecule has 0 fully saturated rings. The van der Waals surface area contributed by atoms with Gasteiger partial charge in [-0.05, 0) is 147 Å². The highest BCUT2D eigenvalue weighted by Crippen LogP contribution is 2.61. The molecular formula is C62H62N2Si2. The van der Waals surface area contributed by atoms with Crippen LogP contribution in [0.25, 0.3) is 78.0 Å². The highest BCUT2D eigenvalue weighted by Gasteiger charge is 2.43. The average Bonchev–Trinajstić information content (AvgIpc) is 3.83. The monoisotopic (exact) mass is 890 g/mol. The molecule has 0 amide bonds. The molecule has 4 heteroatoms. The van der Waals surface area contributed by atoms with Gasteiger partial charge in [0.15, 0.2) is 0 Å². The maximum absolute atomic E-state index is 2.70. The first-order valence-corrected chi connectivity index (χ1v) is 31.6. The molecular weight excluding hydrogens is 829 g/mol. The highest BCUT2D eigenvalue weighted by molar-refractivity contribution is 6.89. The summed E-state index contributed by atoms with van der Waals surface area (Å²) in [5.74, 6) is 1.28. The topological polar surface area (TPSA) is 9.86 Å². The molecule has 0 aliphatic heterocycles. The van der Waals surface area contributed by atoms with Crippen LogP contribution in [0.15, 0.2) is 140 Å². The minimum Gasteiger partial charge on any atom is -0.313 e. The van der Waals surface area contributed by atoms with Gasteiger partial charge >= 0.3 is 0 Å². The lowest BCUT2D eigenvalue weighted by molar-refractivity contribution is 0.584. The molecule has 0 bridgehead atoms. The molecule has 3 aliphatic rings. The van der Waals surface area contributed by atoms with E-state index < -0.39 is 16.1 Å². The summed E-state index contributed by atoms with van der Waals surface area (Å²) >= 11 is 0. The molecule has 2 nitrogen and oxygen atoms in total. The van der Waals surface area contributed by atoms with Gasteiger partial charge in [0.1, 0.15) is 0 Å². The van der Waals surface area contributed by atoms with Crippen molar-refractivity contribution in [2.75, 3.05) is 0 Å². The Hall–Kier alpha value is -5.95. The molecule has 12 rings (SSSR count). The summed E-state index contributed by atoms with van der Waals surface area (Å²) in [6, 6.07) is 54.0. The molecule has 0 saturated carbocycles. The van der Waals surface area contributed by atoms with E-state index in [2.05, 4.69) is 222 Å². The van der Waals surface area contributed by atoms with Crippen LogP contribution in [0.5, 0.6) is 0 Å². The van der Waals surface area contributed by atoms with Gasteiger partial charge in [0, 0.05) is 38.8 Å². The van der Waals surface area contributed by atoms with Crippen LogP contribution in [0.2, 0.25) is 39.3 Å². The third-order valence-corrected chi connectivity index (χ3v) is 20.4. The zero-order valence-electron chi connectivity index (χ0n) is 40.5. The maximum atomic E-state index is 2.70. The van der Waals surface area contributed by atoms with Gasteiger partial charge in [0.2, 0.25) is 0 Å². The lowest BCUT2D eigenvalue weighted by atomic mass is 9.62. The van der Waals surface area contributed by atoms with E-state index in [0.717, 1.165) is 12.8 Å². The minimum absolute atomic E-state index is 0.278. The van der Waals surface area contributed by atoms with Gasteiger partial charge in [-0.15, -0.1) is 0 Å². The predicted molar refractivity (Wildman–Crippen MR) is 291 cm³/mol. The minimum atomic E-state index is -1.49. The van der Waals surface area contributed by atoms with Gasteiger partial charge in [-0.2, -0.15) is 0 Å². The van der Waals surface area contributed by atoms with E-state index >= 15 is 0 Å². The molecule has 2 heterocycles. The Morgan fingerprint density at radius 1 is 0.439 bits per heavy atom. The van der Waals surface area contributed by atoms with Crippen molar-refractivity contribution in [3.8, 4) is 33.6 Å². The van der Waals surface area contributed by atoms with Gasteiger partial charge in [-0.3, -0.25) is 0 Å². The van der Waals surface area contributed by atoms with Crippen LogP contribution in [0.3, 0.4) is 0 Å². The molecule has 4 unspecified atom stereocenters. The van der Waals surface area contributed by atoms with E-state index in [1.165, 1.54) is 116 Å². The van der Waals surface area contributed by atoms with Crippen molar-refractivity contribution in [2.45, 2.75) is 103 Å². The lowest BCUT2D eigenvalue weighted by Gasteiger charge is -2.42. The van der Waals surface area contributed by atoms with Gasteiger partial charge in [-0.1, -0.05) is 168 Å². The number of aromatic nitrogens is 2. The van der Waals surface area contributed by atoms with E-state index in [1.54, 1.807) is 5.56 Å². The fourth-order valence-corrected chi connectivity index (χ4v) is 14.7. The first-order chi connectivity index (χ1) is 31.7. The molecule has 9 aromatic rings. The standard InChI is InChI=1S/C62H62N2Si2/c1-37-38(2)50-36-54-52-34-44(42-20-18-26-48(32-42)66(8,9)10)28-30-56(52)64(46-23-15-12-16-24-46)62(54)58-40(4)39(3)57-59(60(50)58)49(37)35-53-51-33-43(41-19-17-25-47(31-41)65(5,6)7)27-29-55(51)63(61(53)57)45-21-13-11-14-22-45/h11-27,29,31-40H,28,30H2,1-10H3. The van der Waals surface area contributed by atoms with Crippen LogP contribution in [0.4, 0.5) is 0 Å². The highest BCUT2D eigenvalue weighted by atomic mass is 28.3. The summed E-state index contributed by atoms with van der Waals surface area (Å²) in [4.78, 5) is 0. The van der Waals surface area contributed by atoms with Crippen LogP contribution in [-0.4, -0.2) is 25.3 Å². The van der Waals surface area contributed by atoms with Crippen molar-refractivity contribution >= 4 is 70.9 Å². The average molecular weight is 891 g/mol. The molecule has 3 aliphatic carbocycles. The molecule has 2 aromatic heterocycles. The third kappa shape index (κ3) is 6.10. The quantitative estimate of drug-likeness (QED) is 0.147. The van der Waals surface area contributed by atoms with Gasteiger partial charge in [-0.25, -0.2) is 0 Å². The van der Waals surface area contributed by atoms with E-state index in [4.69, 9.17) is 0 Å². The lowest BCUT2D eigenvalue weighted by Crippen LogP contribution is -2.37. The largest absolute Gasteiger partial charge is 0.313 e. The van der Waals surface area contributed by atoms with Crippen LogP contribution >= 0.6 is 0 Å². The third-order valence-electron chi connectivity index (χ3n) is 16.4. The normalized spacial score (nSPS) is 19.0. The van der Waals surface area contributed by atoms with Crippen molar-refractivity contribution in [2.24, 2.45) is 0 Å². The Balaban J connectivity index is 1.17. The van der Waals surface area contributed by atoms with E-state index in [1.807, 2.05) is 0 Å². The molecule has 7 aromatic carbocycles. The first kappa shape index (κ1) is 41.5. The molecule has 0 radical (unpaired) electrons. The predicted octanol–water partition coefficient (Wildman–Crippen LogP) is 16.1. The Bertz CT molecular complexity index is 3500. The molecule has 66 heavy (non-hydrogen) atoms. The number of hydrogen-bond acceptors (Lipinski definition) is 0. The second-order valence-electron chi connectivity index (χ2n) is 22.2. The number of benzene rings is 7. The second-order valence-corrected chi connectivity index (χ2v) is 32.4. The molecule has 4 atom stereocenters. The summed E-state index contributed by atoms with van der Waals surface area (Å²) < 4.78 is 5.31. The molecule has 0 saturated heterocycles. The summed E-state index contributed by atoms with van der Waals surface area (Å²) in [6.07, 6.45) is 4.65. The van der Waals surface area contributed by atoms with Crippen LogP contribution in [-0.2, 0) is 6.42 Å². The van der Waals surface area contributed by atoms with Crippen molar-refractivity contribution in [3.05, 3.63) is 179 Å². The summed E-state index contributed by atoms with van der Waals surface area (Å²) in [6.45, 7) is 24.9. The Kier molecular flexibility index (Phi) is 9.29. The van der Waals surface area contributed by atoms with Crippen molar-refractivity contribution in [1.82, 2.24) is 9.13 Å². The molecule has 0 spiro atoms. The fourth-order valence-electron chi connectivity index (χ4n) is 12.4. The summed E-state index contributed by atoms with van der Waals surface area (Å²) in [7, 11) is -2.96. The van der Waals surface area contributed by atoms with Crippen molar-refractivity contribution in [1.29, 1.82) is 0 Å². The SMILES string of the molecule is CC1c2cc3c4c(n(-c5ccccc5)c3c3c2-c2c(cc5c6cc(-c7cccc([Si](C)(C)C)c7)ccc6n(-c6ccccc6)c5c2C(C)C3C)C1C)CCC(c1cccc([Si](C)(C)C)c1)=C4. The Morgan fingerprint density at radius 3 is 1.55 bits per heavy atom. The number of hydrogen-bond donors (Lipinski definition) is 0. The van der Waals surface area contributed by atoms with Gasteiger partial charge in [0.05, 0.1) is 32.7 Å². The molecule has 328 valence electrons. The molecule has 0 N–H and O–H groups in total. The van der Waals surface area contributed by atoms with Crippen LogP contribution in [0, 0.1) is 0 Å². The zero-order chi connectivity index (χ0) is 45.6. The van der Waals surface area contributed by atoms with Crippen LogP contribution in [0.1, 0.15) is 96.9 Å². The second kappa shape index (κ2) is 14.8. The van der Waals surface area contributed by atoms with Crippen molar-refractivity contribution in [3.63, 3.8) is 0 Å². The summed E-state index contributed by atoms with van der Waals surface area (Å²) in [5, 5.41) is 7.19. The number of nitrogens with zero attached hydrogens (tertiary/aromatic N) is 2. The Labute approximate surface area is 393 Å². The van der Waals surface area contributed by atoms with Gasteiger partial charge < -0.3 is 9.13 Å². The smallest absolute Gasteiger partial charge is 0.0776 e. The van der Waals surface area contributed by atoms with E-state index in [-0.39, 0.29) is 11.8 Å². The van der Waals surface area contributed by atoms with E-state index in [9.17, 15) is 0 Å². The number of allylic oxidation sites excluding steroid dienone is 1. The van der Waals surface area contributed by atoms with Crippen LogP contribution < -0.4 is 10.4 Å². The van der Waals surface area contributed by atoms with Crippen molar-refractivity contribution < 1.29 is 0 Å².